The number of rotatable bonds is 5. The van der Waals surface area contributed by atoms with E-state index < -0.39 is 11.7 Å². The fraction of sp³-hybridized carbons (Fsp3) is 0.105. The van der Waals surface area contributed by atoms with Crippen molar-refractivity contribution in [3.05, 3.63) is 66.2 Å². The SMILES string of the molecule is CSc1ncc(C(=O)Nc2cc(NC(C)=O)ccc2F)n1-c1ccccc1. The Kier molecular flexibility index (Phi) is 5.56. The molecule has 0 spiro atoms. The van der Waals surface area contributed by atoms with Gasteiger partial charge in [0, 0.05) is 18.3 Å². The number of nitrogens with zero attached hydrogens (tertiary/aromatic N) is 2. The van der Waals surface area contributed by atoms with E-state index in [0.717, 1.165) is 5.69 Å². The molecule has 0 aliphatic heterocycles. The van der Waals surface area contributed by atoms with Crippen LogP contribution in [0.1, 0.15) is 17.4 Å². The number of nitrogens with one attached hydrogen (secondary N) is 2. The number of hydrogen-bond acceptors (Lipinski definition) is 4. The first-order valence-corrected chi connectivity index (χ1v) is 9.27. The summed E-state index contributed by atoms with van der Waals surface area (Å²) >= 11 is 1.40. The van der Waals surface area contributed by atoms with Crippen molar-refractivity contribution < 1.29 is 14.0 Å². The van der Waals surface area contributed by atoms with Crippen LogP contribution in [0.15, 0.2) is 59.9 Å². The van der Waals surface area contributed by atoms with Gasteiger partial charge in [0.2, 0.25) is 5.91 Å². The number of benzene rings is 2. The third-order valence-electron chi connectivity index (χ3n) is 3.69. The minimum atomic E-state index is -0.603. The van der Waals surface area contributed by atoms with Gasteiger partial charge in [-0.05, 0) is 36.6 Å². The number of anilines is 2. The van der Waals surface area contributed by atoms with E-state index in [2.05, 4.69) is 15.6 Å². The third-order valence-corrected chi connectivity index (χ3v) is 4.35. The van der Waals surface area contributed by atoms with E-state index in [0.29, 0.717) is 10.8 Å². The summed E-state index contributed by atoms with van der Waals surface area (Å²) in [7, 11) is 0. The lowest BCUT2D eigenvalue weighted by Crippen LogP contribution is -2.17. The highest BCUT2D eigenvalue weighted by atomic mass is 32.2. The zero-order valence-electron chi connectivity index (χ0n) is 14.7. The van der Waals surface area contributed by atoms with Crippen molar-refractivity contribution in [3.8, 4) is 5.69 Å². The van der Waals surface area contributed by atoms with E-state index in [9.17, 15) is 14.0 Å². The van der Waals surface area contributed by atoms with Crippen LogP contribution in [0.4, 0.5) is 15.8 Å². The average Bonchev–Trinajstić information content (AvgIpc) is 3.09. The molecule has 1 aromatic heterocycles. The van der Waals surface area contributed by atoms with Gasteiger partial charge >= 0.3 is 0 Å². The van der Waals surface area contributed by atoms with Gasteiger partial charge in [-0.15, -0.1) is 0 Å². The topological polar surface area (TPSA) is 76.0 Å². The molecular weight excluding hydrogens is 367 g/mol. The molecule has 0 radical (unpaired) electrons. The Hall–Kier alpha value is -3.13. The highest BCUT2D eigenvalue weighted by molar-refractivity contribution is 7.98. The second-order valence-corrected chi connectivity index (χ2v) is 6.40. The first kappa shape index (κ1) is 18.7. The standard InChI is InChI=1S/C19H17FN4O2S/c1-12(25)22-13-8-9-15(20)16(10-13)23-18(26)17-11-21-19(27-2)24(17)14-6-4-3-5-7-14/h3-11H,1-2H3,(H,22,25)(H,23,26). The molecule has 2 amide bonds. The molecule has 2 N–H and O–H groups in total. The predicted molar refractivity (Wildman–Crippen MR) is 104 cm³/mol. The lowest BCUT2D eigenvalue weighted by atomic mass is 10.2. The van der Waals surface area contributed by atoms with Gasteiger partial charge < -0.3 is 10.6 Å². The summed E-state index contributed by atoms with van der Waals surface area (Å²) in [5, 5.41) is 5.75. The van der Waals surface area contributed by atoms with Crippen LogP contribution in [0, 0.1) is 5.82 Å². The monoisotopic (exact) mass is 384 g/mol. The maximum atomic E-state index is 14.1. The van der Waals surface area contributed by atoms with Crippen LogP contribution in [-0.4, -0.2) is 27.6 Å². The molecule has 0 fully saturated rings. The van der Waals surface area contributed by atoms with Gasteiger partial charge in [0.15, 0.2) is 5.16 Å². The highest BCUT2D eigenvalue weighted by Crippen LogP contribution is 2.24. The minimum Gasteiger partial charge on any atom is -0.326 e. The largest absolute Gasteiger partial charge is 0.326 e. The highest BCUT2D eigenvalue weighted by Gasteiger charge is 2.19. The van der Waals surface area contributed by atoms with Gasteiger partial charge in [0.1, 0.15) is 11.5 Å². The lowest BCUT2D eigenvalue weighted by Gasteiger charge is -2.12. The summed E-state index contributed by atoms with van der Waals surface area (Å²) < 4.78 is 15.8. The molecule has 6 nitrogen and oxygen atoms in total. The van der Waals surface area contributed by atoms with Gasteiger partial charge in [-0.1, -0.05) is 30.0 Å². The van der Waals surface area contributed by atoms with Crippen molar-refractivity contribution in [3.63, 3.8) is 0 Å². The molecule has 0 bridgehead atoms. The zero-order valence-corrected chi connectivity index (χ0v) is 15.5. The number of carbonyl (C=O) groups excluding carboxylic acids is 2. The average molecular weight is 384 g/mol. The number of carbonyl (C=O) groups is 2. The Morgan fingerprint density at radius 3 is 2.52 bits per heavy atom. The number of para-hydroxylation sites is 1. The van der Waals surface area contributed by atoms with Crippen molar-refractivity contribution in [1.82, 2.24) is 9.55 Å². The van der Waals surface area contributed by atoms with Crippen LogP contribution in [0.25, 0.3) is 5.69 Å². The lowest BCUT2D eigenvalue weighted by molar-refractivity contribution is -0.114. The van der Waals surface area contributed by atoms with E-state index >= 15 is 0 Å². The van der Waals surface area contributed by atoms with Crippen LogP contribution < -0.4 is 10.6 Å². The molecule has 27 heavy (non-hydrogen) atoms. The molecule has 3 aromatic rings. The molecule has 8 heteroatoms. The molecule has 3 rings (SSSR count). The number of aromatic nitrogens is 2. The van der Waals surface area contributed by atoms with Gasteiger partial charge in [-0.2, -0.15) is 0 Å². The predicted octanol–water partition coefficient (Wildman–Crippen LogP) is 3.94. The Morgan fingerprint density at radius 1 is 1.11 bits per heavy atom. The van der Waals surface area contributed by atoms with Crippen molar-refractivity contribution in [1.29, 1.82) is 0 Å². The number of amides is 2. The summed E-state index contributed by atoms with van der Waals surface area (Å²) in [6.45, 7) is 1.35. The second kappa shape index (κ2) is 8.05. The van der Waals surface area contributed by atoms with Gasteiger partial charge in [0.05, 0.1) is 11.9 Å². The molecule has 0 unspecified atom stereocenters. The fourth-order valence-corrected chi connectivity index (χ4v) is 3.10. The van der Waals surface area contributed by atoms with Crippen molar-refractivity contribution in [2.45, 2.75) is 12.1 Å². The van der Waals surface area contributed by atoms with E-state index in [1.807, 2.05) is 36.6 Å². The van der Waals surface area contributed by atoms with Crippen LogP contribution in [0.5, 0.6) is 0 Å². The van der Waals surface area contributed by atoms with Crippen molar-refractivity contribution in [2.24, 2.45) is 0 Å². The van der Waals surface area contributed by atoms with Crippen LogP contribution >= 0.6 is 11.8 Å². The van der Waals surface area contributed by atoms with Crippen LogP contribution in [-0.2, 0) is 4.79 Å². The zero-order chi connectivity index (χ0) is 19.4. The van der Waals surface area contributed by atoms with Gasteiger partial charge in [0.25, 0.3) is 5.91 Å². The number of imidazole rings is 1. The molecule has 0 aliphatic rings. The molecule has 1 heterocycles. The first-order chi connectivity index (χ1) is 13.0. The molecule has 0 saturated heterocycles. The summed E-state index contributed by atoms with van der Waals surface area (Å²) in [4.78, 5) is 28.2. The Labute approximate surface area is 159 Å². The number of hydrogen-bond donors (Lipinski definition) is 2. The molecule has 0 atom stereocenters. The Balaban J connectivity index is 1.94. The Morgan fingerprint density at radius 2 is 1.85 bits per heavy atom. The second-order valence-electron chi connectivity index (χ2n) is 5.63. The fourth-order valence-electron chi connectivity index (χ4n) is 2.55. The molecule has 138 valence electrons. The smallest absolute Gasteiger partial charge is 0.274 e. The normalized spacial score (nSPS) is 10.5. The quantitative estimate of drug-likeness (QED) is 0.653. The molecular formula is C19H17FN4O2S. The van der Waals surface area contributed by atoms with E-state index in [1.54, 1.807) is 4.57 Å². The molecule has 2 aromatic carbocycles. The van der Waals surface area contributed by atoms with Crippen molar-refractivity contribution in [2.75, 3.05) is 16.9 Å². The maximum Gasteiger partial charge on any atom is 0.274 e. The molecule has 0 aliphatic carbocycles. The van der Waals surface area contributed by atoms with Crippen LogP contribution in [0.2, 0.25) is 0 Å². The van der Waals surface area contributed by atoms with Gasteiger partial charge in [-0.3, -0.25) is 14.2 Å². The van der Waals surface area contributed by atoms with E-state index in [-0.39, 0.29) is 17.3 Å². The summed E-state index contributed by atoms with van der Waals surface area (Å²) in [6.07, 6.45) is 3.31. The summed E-state index contributed by atoms with van der Waals surface area (Å²) in [5.74, 6) is -1.40. The Bertz CT molecular complexity index is 989. The summed E-state index contributed by atoms with van der Waals surface area (Å²) in [5.41, 5.74) is 1.41. The summed E-state index contributed by atoms with van der Waals surface area (Å²) in [6, 6.07) is 13.3. The number of halogens is 1. The van der Waals surface area contributed by atoms with E-state index in [1.165, 1.54) is 43.1 Å². The van der Waals surface area contributed by atoms with Gasteiger partial charge in [-0.25, -0.2) is 9.37 Å². The maximum absolute atomic E-state index is 14.1. The van der Waals surface area contributed by atoms with Crippen molar-refractivity contribution >= 4 is 35.0 Å². The third kappa shape index (κ3) is 4.17. The first-order valence-electron chi connectivity index (χ1n) is 8.05. The minimum absolute atomic E-state index is 0.0298. The number of thioether (sulfide) groups is 1. The van der Waals surface area contributed by atoms with Crippen LogP contribution in [0.3, 0.4) is 0 Å². The van der Waals surface area contributed by atoms with E-state index in [4.69, 9.17) is 0 Å². The molecule has 0 saturated carbocycles.